The Morgan fingerprint density at radius 1 is 1.22 bits per heavy atom. The second-order valence-electron chi connectivity index (χ2n) is 6.62. The highest BCUT2D eigenvalue weighted by molar-refractivity contribution is 6.35. The molecule has 0 saturated heterocycles. The molecule has 1 atom stereocenters. The maximum Gasteiger partial charge on any atom is 0.303 e. The van der Waals surface area contributed by atoms with Gasteiger partial charge in [0.25, 0.3) is 5.91 Å². The summed E-state index contributed by atoms with van der Waals surface area (Å²) < 4.78 is 4.77. The molecule has 3 rings (SSSR count). The Labute approximate surface area is 168 Å². The molecule has 5 nitrogen and oxygen atoms in total. The Morgan fingerprint density at radius 2 is 1.96 bits per heavy atom. The van der Waals surface area contributed by atoms with Gasteiger partial charge in [-0.2, -0.15) is 0 Å². The number of hydrogen-bond donors (Lipinski definition) is 1. The van der Waals surface area contributed by atoms with Crippen LogP contribution in [0.4, 0.5) is 5.69 Å². The summed E-state index contributed by atoms with van der Waals surface area (Å²) in [4.78, 5) is 25.2. The normalized spacial score (nSPS) is 16.5. The first kappa shape index (κ1) is 19.7. The quantitative estimate of drug-likeness (QED) is 0.777. The second kappa shape index (κ2) is 8.30. The Bertz CT molecular complexity index is 886. The van der Waals surface area contributed by atoms with Gasteiger partial charge < -0.3 is 15.0 Å². The van der Waals surface area contributed by atoms with Crippen LogP contribution in [-0.2, 0) is 20.9 Å². The van der Waals surface area contributed by atoms with Crippen LogP contribution in [0.1, 0.15) is 29.5 Å². The lowest BCUT2D eigenvalue weighted by molar-refractivity contribution is -0.144. The van der Waals surface area contributed by atoms with E-state index in [-0.39, 0.29) is 18.4 Å². The van der Waals surface area contributed by atoms with Crippen molar-refractivity contribution in [2.75, 3.05) is 25.5 Å². The minimum absolute atomic E-state index is 0.000162. The Balaban J connectivity index is 1.96. The number of esters is 1. The SMILES string of the molecule is CC(=O)OCC(=O)Nc1ccccc1C1CN(C)Cc2c(Cl)cc(Cl)cc21. The summed E-state index contributed by atoms with van der Waals surface area (Å²) in [5, 5.41) is 4.07. The summed E-state index contributed by atoms with van der Waals surface area (Å²) in [7, 11) is 2.03. The molecule has 1 aliphatic heterocycles. The number of fused-ring (bicyclic) bond motifs is 1. The molecule has 27 heavy (non-hydrogen) atoms. The molecule has 2 aromatic rings. The van der Waals surface area contributed by atoms with E-state index in [4.69, 9.17) is 27.9 Å². The summed E-state index contributed by atoms with van der Waals surface area (Å²) in [6.07, 6.45) is 0. The van der Waals surface area contributed by atoms with Crippen molar-refractivity contribution < 1.29 is 14.3 Å². The largest absolute Gasteiger partial charge is 0.456 e. The summed E-state index contributed by atoms with van der Waals surface area (Å²) >= 11 is 12.7. The number of para-hydroxylation sites is 1. The molecule has 1 N–H and O–H groups in total. The van der Waals surface area contributed by atoms with Gasteiger partial charge in [-0.05, 0) is 41.9 Å². The Hall–Kier alpha value is -2.08. The minimum atomic E-state index is -0.495. The van der Waals surface area contributed by atoms with E-state index in [1.807, 2.05) is 37.4 Å². The molecule has 2 aromatic carbocycles. The highest BCUT2D eigenvalue weighted by atomic mass is 35.5. The maximum atomic E-state index is 12.1. The van der Waals surface area contributed by atoms with Crippen molar-refractivity contribution in [3.05, 3.63) is 63.1 Å². The number of ether oxygens (including phenoxy) is 1. The number of amides is 1. The van der Waals surface area contributed by atoms with Crippen LogP contribution in [0.2, 0.25) is 10.0 Å². The first-order valence-electron chi connectivity index (χ1n) is 8.53. The van der Waals surface area contributed by atoms with Gasteiger partial charge in [0.15, 0.2) is 6.61 Å². The molecule has 1 unspecified atom stereocenters. The number of rotatable bonds is 4. The Morgan fingerprint density at radius 3 is 2.70 bits per heavy atom. The number of hydrogen-bond acceptors (Lipinski definition) is 4. The fourth-order valence-electron chi connectivity index (χ4n) is 3.38. The van der Waals surface area contributed by atoms with Crippen molar-refractivity contribution in [3.63, 3.8) is 0 Å². The molecular weight excluding hydrogens is 387 g/mol. The molecule has 142 valence electrons. The number of carbonyl (C=O) groups is 2. The molecule has 0 spiro atoms. The molecule has 0 aromatic heterocycles. The first-order chi connectivity index (χ1) is 12.8. The second-order valence-corrected chi connectivity index (χ2v) is 7.46. The monoisotopic (exact) mass is 406 g/mol. The predicted octanol–water partition coefficient (Wildman–Crippen LogP) is 4.07. The average Bonchev–Trinajstić information content (AvgIpc) is 2.61. The highest BCUT2D eigenvalue weighted by Gasteiger charge is 2.28. The molecule has 7 heteroatoms. The summed E-state index contributed by atoms with van der Waals surface area (Å²) in [6.45, 7) is 2.45. The van der Waals surface area contributed by atoms with Crippen LogP contribution >= 0.6 is 23.2 Å². The molecule has 0 fully saturated rings. The predicted molar refractivity (Wildman–Crippen MR) is 106 cm³/mol. The third-order valence-corrected chi connectivity index (χ3v) is 5.06. The molecule has 0 aliphatic carbocycles. The molecule has 0 radical (unpaired) electrons. The van der Waals surface area contributed by atoms with Gasteiger partial charge in [-0.1, -0.05) is 41.4 Å². The number of halogens is 2. The fourth-order valence-corrected chi connectivity index (χ4v) is 3.95. The molecular formula is C20H20Cl2N2O3. The Kier molecular flexibility index (Phi) is 6.05. The molecule has 1 aliphatic rings. The van der Waals surface area contributed by atoms with Gasteiger partial charge in [-0.3, -0.25) is 9.59 Å². The van der Waals surface area contributed by atoms with Gasteiger partial charge in [0.2, 0.25) is 0 Å². The first-order valence-corrected chi connectivity index (χ1v) is 9.29. The van der Waals surface area contributed by atoms with E-state index in [9.17, 15) is 9.59 Å². The van der Waals surface area contributed by atoms with Crippen molar-refractivity contribution in [2.24, 2.45) is 0 Å². The van der Waals surface area contributed by atoms with Gasteiger partial charge in [-0.15, -0.1) is 0 Å². The van der Waals surface area contributed by atoms with Crippen LogP contribution in [-0.4, -0.2) is 37.0 Å². The van der Waals surface area contributed by atoms with Gasteiger partial charge in [0, 0.05) is 41.7 Å². The fraction of sp³-hybridized carbons (Fsp3) is 0.300. The summed E-state index contributed by atoms with van der Waals surface area (Å²) in [5.74, 6) is -0.878. The lowest BCUT2D eigenvalue weighted by Gasteiger charge is -2.34. The van der Waals surface area contributed by atoms with Crippen LogP contribution in [0.15, 0.2) is 36.4 Å². The van der Waals surface area contributed by atoms with Crippen molar-refractivity contribution in [1.82, 2.24) is 4.90 Å². The third-order valence-electron chi connectivity index (χ3n) is 4.51. The number of carbonyl (C=O) groups excluding carboxylic acids is 2. The van der Waals surface area contributed by atoms with Crippen molar-refractivity contribution in [3.8, 4) is 0 Å². The highest BCUT2D eigenvalue weighted by Crippen LogP contribution is 2.40. The zero-order chi connectivity index (χ0) is 19.6. The van der Waals surface area contributed by atoms with Crippen LogP contribution in [0.3, 0.4) is 0 Å². The van der Waals surface area contributed by atoms with Gasteiger partial charge in [0.1, 0.15) is 0 Å². The number of nitrogens with one attached hydrogen (secondary N) is 1. The third kappa shape index (κ3) is 4.61. The summed E-state index contributed by atoms with van der Waals surface area (Å²) in [6, 6.07) is 11.3. The topological polar surface area (TPSA) is 58.6 Å². The van der Waals surface area contributed by atoms with E-state index in [0.29, 0.717) is 15.7 Å². The van der Waals surface area contributed by atoms with E-state index < -0.39 is 5.97 Å². The molecule has 0 saturated carbocycles. The average molecular weight is 407 g/mol. The van der Waals surface area contributed by atoms with E-state index in [1.54, 1.807) is 6.07 Å². The number of anilines is 1. The van der Waals surface area contributed by atoms with Crippen LogP contribution in [0, 0.1) is 0 Å². The number of nitrogens with zero attached hydrogens (tertiary/aromatic N) is 1. The van der Waals surface area contributed by atoms with E-state index in [0.717, 1.165) is 29.8 Å². The van der Waals surface area contributed by atoms with Gasteiger partial charge >= 0.3 is 5.97 Å². The van der Waals surface area contributed by atoms with Crippen molar-refractivity contribution in [1.29, 1.82) is 0 Å². The smallest absolute Gasteiger partial charge is 0.303 e. The zero-order valence-corrected chi connectivity index (χ0v) is 16.6. The van der Waals surface area contributed by atoms with Crippen LogP contribution in [0.25, 0.3) is 0 Å². The van der Waals surface area contributed by atoms with Crippen LogP contribution in [0.5, 0.6) is 0 Å². The standard InChI is InChI=1S/C20H20Cl2N2O3/c1-12(25)27-11-20(26)23-19-6-4-3-5-14(19)16-9-24(2)10-17-15(16)7-13(21)8-18(17)22/h3-8,16H,9-11H2,1-2H3,(H,23,26). The van der Waals surface area contributed by atoms with E-state index in [1.165, 1.54) is 6.92 Å². The van der Waals surface area contributed by atoms with Gasteiger partial charge in [-0.25, -0.2) is 0 Å². The molecule has 1 amide bonds. The van der Waals surface area contributed by atoms with Crippen molar-refractivity contribution >= 4 is 40.8 Å². The lowest BCUT2D eigenvalue weighted by atomic mass is 9.84. The number of likely N-dealkylation sites (N-methyl/N-ethyl adjacent to an activating group) is 1. The number of benzene rings is 2. The van der Waals surface area contributed by atoms with Crippen LogP contribution < -0.4 is 5.32 Å². The van der Waals surface area contributed by atoms with E-state index >= 15 is 0 Å². The molecule has 0 bridgehead atoms. The maximum absolute atomic E-state index is 12.1. The van der Waals surface area contributed by atoms with Crippen molar-refractivity contribution in [2.45, 2.75) is 19.4 Å². The summed E-state index contributed by atoms with van der Waals surface area (Å²) in [5.41, 5.74) is 3.74. The minimum Gasteiger partial charge on any atom is -0.456 e. The molecule has 1 heterocycles. The zero-order valence-electron chi connectivity index (χ0n) is 15.1. The van der Waals surface area contributed by atoms with Gasteiger partial charge in [0.05, 0.1) is 0 Å². The van der Waals surface area contributed by atoms with E-state index in [2.05, 4.69) is 10.2 Å². The lowest BCUT2D eigenvalue weighted by Crippen LogP contribution is -2.32.